The van der Waals surface area contributed by atoms with Crippen LogP contribution in [0.2, 0.25) is 0 Å². The Hall–Kier alpha value is -3.33. The summed E-state index contributed by atoms with van der Waals surface area (Å²) in [6, 6.07) is 9.77. The molecule has 1 aromatic carbocycles. The van der Waals surface area contributed by atoms with Gasteiger partial charge in [-0.1, -0.05) is 12.1 Å². The Morgan fingerprint density at radius 3 is 2.89 bits per heavy atom. The summed E-state index contributed by atoms with van der Waals surface area (Å²) >= 11 is 1.47. The molecule has 136 valence electrons. The highest BCUT2D eigenvalue weighted by Gasteiger charge is 2.19. The van der Waals surface area contributed by atoms with Crippen LogP contribution >= 0.6 is 11.3 Å². The molecule has 0 aliphatic heterocycles. The predicted octanol–water partition coefficient (Wildman–Crippen LogP) is 2.80. The summed E-state index contributed by atoms with van der Waals surface area (Å²) in [4.78, 5) is 17.7. The van der Waals surface area contributed by atoms with Gasteiger partial charge in [-0.3, -0.25) is 9.48 Å². The number of carbonyl (C=O) groups is 1. The van der Waals surface area contributed by atoms with Crippen LogP contribution in [0.3, 0.4) is 0 Å². The molecule has 0 saturated carbocycles. The molecule has 0 saturated heterocycles. The first-order valence-electron chi connectivity index (χ1n) is 8.13. The van der Waals surface area contributed by atoms with Gasteiger partial charge < -0.3 is 5.32 Å². The van der Waals surface area contributed by atoms with E-state index in [0.29, 0.717) is 18.1 Å². The minimum absolute atomic E-state index is 0.0200. The lowest BCUT2D eigenvalue weighted by Crippen LogP contribution is -2.24. The quantitative estimate of drug-likeness (QED) is 0.576. The van der Waals surface area contributed by atoms with Gasteiger partial charge in [0.25, 0.3) is 5.91 Å². The van der Waals surface area contributed by atoms with Gasteiger partial charge in [0.2, 0.25) is 5.82 Å². The van der Waals surface area contributed by atoms with Crippen molar-refractivity contribution in [3.63, 3.8) is 0 Å². The van der Waals surface area contributed by atoms with E-state index in [2.05, 4.69) is 20.5 Å². The molecular formula is C18H15FN6OS. The number of thiophene rings is 1. The summed E-state index contributed by atoms with van der Waals surface area (Å²) < 4.78 is 16.8. The number of carbonyl (C=O) groups excluding carboxylic acids is 1. The third-order valence-electron chi connectivity index (χ3n) is 3.82. The molecule has 1 amide bonds. The maximum absolute atomic E-state index is 13.7. The number of benzene rings is 1. The molecule has 0 radical (unpaired) electrons. The second-order valence-corrected chi connectivity index (χ2v) is 6.78. The predicted molar refractivity (Wildman–Crippen MR) is 99.0 cm³/mol. The van der Waals surface area contributed by atoms with Crippen LogP contribution < -0.4 is 5.32 Å². The average molecular weight is 382 g/mol. The summed E-state index contributed by atoms with van der Waals surface area (Å²) in [5.74, 6) is -0.289. The van der Waals surface area contributed by atoms with Gasteiger partial charge in [-0.05, 0) is 29.6 Å². The summed E-state index contributed by atoms with van der Waals surface area (Å²) in [6.07, 6.45) is 3.49. The van der Waals surface area contributed by atoms with Gasteiger partial charge in [0.1, 0.15) is 5.82 Å². The SMILES string of the molecule is Cn1cc(CNC(=O)c2nc(-c3cccs3)n(-c3cccc(F)c3)n2)cn1. The van der Waals surface area contributed by atoms with Gasteiger partial charge in [0, 0.05) is 25.4 Å². The number of hydrogen-bond donors (Lipinski definition) is 1. The second-order valence-electron chi connectivity index (χ2n) is 5.83. The number of rotatable bonds is 5. The molecule has 7 nitrogen and oxygen atoms in total. The molecular weight excluding hydrogens is 367 g/mol. The van der Waals surface area contributed by atoms with Gasteiger partial charge in [-0.25, -0.2) is 14.1 Å². The molecule has 0 atom stereocenters. The Morgan fingerprint density at radius 2 is 2.19 bits per heavy atom. The highest BCUT2D eigenvalue weighted by molar-refractivity contribution is 7.13. The van der Waals surface area contributed by atoms with Crippen molar-refractivity contribution >= 4 is 17.2 Å². The number of nitrogens with zero attached hydrogens (tertiary/aromatic N) is 5. The maximum atomic E-state index is 13.7. The molecule has 0 unspecified atom stereocenters. The van der Waals surface area contributed by atoms with Crippen molar-refractivity contribution in [2.75, 3.05) is 0 Å². The van der Waals surface area contributed by atoms with Crippen molar-refractivity contribution in [1.82, 2.24) is 29.9 Å². The highest BCUT2D eigenvalue weighted by atomic mass is 32.1. The van der Waals surface area contributed by atoms with E-state index in [1.807, 2.05) is 23.7 Å². The Kier molecular flexibility index (Phi) is 4.51. The summed E-state index contributed by atoms with van der Waals surface area (Å²) in [7, 11) is 1.81. The Morgan fingerprint density at radius 1 is 1.30 bits per heavy atom. The van der Waals surface area contributed by atoms with E-state index >= 15 is 0 Å². The fourth-order valence-electron chi connectivity index (χ4n) is 2.59. The summed E-state index contributed by atoms with van der Waals surface area (Å²) in [6.45, 7) is 0.315. The third-order valence-corrected chi connectivity index (χ3v) is 4.68. The van der Waals surface area contributed by atoms with E-state index < -0.39 is 5.91 Å². The first-order valence-corrected chi connectivity index (χ1v) is 9.01. The Labute approximate surface area is 158 Å². The molecule has 3 aromatic heterocycles. The van der Waals surface area contributed by atoms with Crippen molar-refractivity contribution in [3.05, 3.63) is 71.4 Å². The molecule has 3 heterocycles. The van der Waals surface area contributed by atoms with Gasteiger partial charge in [-0.2, -0.15) is 5.10 Å². The molecule has 0 aliphatic rings. The van der Waals surface area contributed by atoms with Crippen LogP contribution in [0.25, 0.3) is 16.4 Å². The van der Waals surface area contributed by atoms with E-state index in [4.69, 9.17) is 0 Å². The maximum Gasteiger partial charge on any atom is 0.291 e. The standard InChI is InChI=1S/C18H15FN6OS/c1-24-11-12(10-21-24)9-20-18(26)16-22-17(15-6-3-7-27-15)25(23-16)14-5-2-4-13(19)8-14/h2-8,10-11H,9H2,1H3,(H,20,26). The molecule has 4 aromatic rings. The zero-order valence-corrected chi connectivity index (χ0v) is 15.2. The van der Waals surface area contributed by atoms with Gasteiger partial charge >= 0.3 is 0 Å². The third kappa shape index (κ3) is 3.63. The smallest absolute Gasteiger partial charge is 0.291 e. The number of hydrogen-bond acceptors (Lipinski definition) is 5. The monoisotopic (exact) mass is 382 g/mol. The van der Waals surface area contributed by atoms with Crippen LogP contribution in [0.4, 0.5) is 4.39 Å². The number of aryl methyl sites for hydroxylation is 1. The van der Waals surface area contributed by atoms with E-state index in [1.165, 1.54) is 28.2 Å². The fourth-order valence-corrected chi connectivity index (χ4v) is 3.28. The fraction of sp³-hybridized carbons (Fsp3) is 0.111. The zero-order chi connectivity index (χ0) is 18.8. The van der Waals surface area contributed by atoms with Gasteiger partial charge in [0.15, 0.2) is 5.82 Å². The second kappa shape index (κ2) is 7.12. The van der Waals surface area contributed by atoms with Crippen molar-refractivity contribution in [2.45, 2.75) is 6.54 Å². The minimum atomic E-state index is -0.410. The van der Waals surface area contributed by atoms with Crippen LogP contribution in [-0.2, 0) is 13.6 Å². The molecule has 0 spiro atoms. The van der Waals surface area contributed by atoms with Crippen molar-refractivity contribution in [3.8, 4) is 16.4 Å². The Balaban J connectivity index is 1.65. The first-order chi connectivity index (χ1) is 13.1. The van der Waals surface area contributed by atoms with Crippen LogP contribution in [0.1, 0.15) is 16.2 Å². The van der Waals surface area contributed by atoms with Crippen molar-refractivity contribution in [1.29, 1.82) is 0 Å². The largest absolute Gasteiger partial charge is 0.345 e. The normalized spacial score (nSPS) is 10.9. The molecule has 9 heteroatoms. The number of nitrogens with one attached hydrogen (secondary N) is 1. The molecule has 27 heavy (non-hydrogen) atoms. The van der Waals surface area contributed by atoms with Crippen LogP contribution in [0, 0.1) is 5.82 Å². The van der Waals surface area contributed by atoms with Gasteiger partial charge in [-0.15, -0.1) is 16.4 Å². The molecule has 0 bridgehead atoms. The van der Waals surface area contributed by atoms with E-state index in [0.717, 1.165) is 10.4 Å². The molecule has 1 N–H and O–H groups in total. The van der Waals surface area contributed by atoms with Crippen molar-refractivity contribution < 1.29 is 9.18 Å². The van der Waals surface area contributed by atoms with E-state index in [1.54, 1.807) is 30.1 Å². The highest BCUT2D eigenvalue weighted by Crippen LogP contribution is 2.25. The minimum Gasteiger partial charge on any atom is -0.345 e. The molecule has 0 fully saturated rings. The lowest BCUT2D eigenvalue weighted by molar-refractivity contribution is 0.0940. The molecule has 4 rings (SSSR count). The van der Waals surface area contributed by atoms with Crippen LogP contribution in [-0.4, -0.2) is 30.5 Å². The van der Waals surface area contributed by atoms with Crippen molar-refractivity contribution in [2.24, 2.45) is 7.05 Å². The average Bonchev–Trinajstić information content (AvgIpc) is 3.39. The summed E-state index contributed by atoms with van der Waals surface area (Å²) in [5.41, 5.74) is 1.37. The van der Waals surface area contributed by atoms with Crippen LogP contribution in [0.5, 0.6) is 0 Å². The number of aromatic nitrogens is 5. The lowest BCUT2D eigenvalue weighted by atomic mass is 10.3. The number of halogens is 1. The zero-order valence-electron chi connectivity index (χ0n) is 14.3. The topological polar surface area (TPSA) is 77.6 Å². The van der Waals surface area contributed by atoms with E-state index in [9.17, 15) is 9.18 Å². The van der Waals surface area contributed by atoms with Crippen LogP contribution in [0.15, 0.2) is 54.2 Å². The Bertz CT molecular complexity index is 1090. The van der Waals surface area contributed by atoms with E-state index in [-0.39, 0.29) is 11.6 Å². The number of amides is 1. The summed E-state index contributed by atoms with van der Waals surface area (Å²) in [5, 5.41) is 13.1. The lowest BCUT2D eigenvalue weighted by Gasteiger charge is -2.04. The first kappa shape index (κ1) is 17.1. The van der Waals surface area contributed by atoms with Gasteiger partial charge in [0.05, 0.1) is 16.8 Å². The molecule has 0 aliphatic carbocycles.